The van der Waals surface area contributed by atoms with Crippen LogP contribution in [-0.4, -0.2) is 0 Å². The monoisotopic (exact) mass is 222 g/mol. The normalized spacial score (nSPS) is 10.5. The van der Waals surface area contributed by atoms with Crippen LogP contribution in [0, 0.1) is 6.07 Å². The van der Waals surface area contributed by atoms with Gasteiger partial charge in [-0.2, -0.15) is 35.9 Å². The Bertz CT molecular complexity index is 196. The van der Waals surface area contributed by atoms with Crippen molar-refractivity contribution in [2.24, 2.45) is 0 Å². The van der Waals surface area contributed by atoms with Crippen LogP contribution in [0.3, 0.4) is 0 Å². The third-order valence-electron chi connectivity index (χ3n) is 1.58. The molecule has 11 heavy (non-hydrogen) atoms. The maximum absolute atomic E-state index is 3.00. The molecular formula is C10H13Y-. The van der Waals surface area contributed by atoms with E-state index in [-0.39, 0.29) is 38.1 Å². The van der Waals surface area contributed by atoms with E-state index in [4.69, 9.17) is 0 Å². The van der Waals surface area contributed by atoms with Gasteiger partial charge >= 0.3 is 0 Å². The summed E-state index contributed by atoms with van der Waals surface area (Å²) < 4.78 is 0. The summed E-state index contributed by atoms with van der Waals surface area (Å²) in [5.41, 5.74) is 1.64. The molecule has 0 aliphatic heterocycles. The van der Waals surface area contributed by atoms with E-state index in [0.29, 0.717) is 0 Å². The Kier molecular flexibility index (Phi) is 4.50. The standard InChI is InChI=1S/C10H13.Y/c1-10(2,3)9-7-5-4-6-8-9;/h5-8H,1-3H3;/q-1;. The Morgan fingerprint density at radius 1 is 1.09 bits per heavy atom. The van der Waals surface area contributed by atoms with Crippen LogP contribution in [0.25, 0.3) is 0 Å². The van der Waals surface area contributed by atoms with Crippen LogP contribution in [0.1, 0.15) is 26.3 Å². The maximum atomic E-state index is 3.00. The summed E-state index contributed by atoms with van der Waals surface area (Å²) in [4.78, 5) is 0. The molecule has 0 unspecified atom stereocenters. The van der Waals surface area contributed by atoms with Gasteiger partial charge in [0, 0.05) is 32.7 Å². The molecule has 0 atom stereocenters. The molecule has 0 bridgehead atoms. The Hall–Kier alpha value is 0.324. The van der Waals surface area contributed by atoms with Crippen LogP contribution in [-0.2, 0) is 38.1 Å². The van der Waals surface area contributed by atoms with Crippen LogP contribution >= 0.6 is 0 Å². The van der Waals surface area contributed by atoms with Crippen molar-refractivity contribution < 1.29 is 32.7 Å². The van der Waals surface area contributed by atoms with Gasteiger partial charge in [0.1, 0.15) is 0 Å². The second-order valence-corrected chi connectivity index (χ2v) is 3.54. The Morgan fingerprint density at radius 2 is 1.55 bits per heavy atom. The van der Waals surface area contributed by atoms with Gasteiger partial charge < -0.3 is 0 Å². The van der Waals surface area contributed by atoms with Crippen molar-refractivity contribution in [1.29, 1.82) is 0 Å². The molecule has 1 heteroatoms. The molecule has 0 aliphatic rings. The molecule has 1 aromatic carbocycles. The van der Waals surface area contributed by atoms with Crippen molar-refractivity contribution in [1.82, 2.24) is 0 Å². The van der Waals surface area contributed by atoms with Crippen molar-refractivity contribution >= 4 is 0 Å². The quantitative estimate of drug-likeness (QED) is 0.592. The Morgan fingerprint density at radius 3 is 1.82 bits per heavy atom. The minimum atomic E-state index is 0. The average molecular weight is 222 g/mol. The van der Waals surface area contributed by atoms with Gasteiger partial charge in [-0.05, 0) is 5.41 Å². The molecule has 0 N–H and O–H groups in total. The van der Waals surface area contributed by atoms with Gasteiger partial charge in [0.05, 0.1) is 0 Å². The van der Waals surface area contributed by atoms with Crippen molar-refractivity contribution in [3.8, 4) is 0 Å². The van der Waals surface area contributed by atoms with Gasteiger partial charge in [-0.15, -0.1) is 0 Å². The summed E-state index contributed by atoms with van der Waals surface area (Å²) in [5.74, 6) is 0. The number of hydrogen-bond acceptors (Lipinski definition) is 0. The summed E-state index contributed by atoms with van der Waals surface area (Å²) in [6.45, 7) is 6.63. The fraction of sp³-hybridized carbons (Fsp3) is 0.400. The Labute approximate surface area is 94.3 Å². The molecule has 0 amide bonds. The molecule has 1 radical (unpaired) electrons. The van der Waals surface area contributed by atoms with E-state index in [1.54, 1.807) is 0 Å². The molecule has 1 rings (SSSR count). The molecule has 1 aromatic rings. The first-order valence-corrected chi connectivity index (χ1v) is 3.57. The van der Waals surface area contributed by atoms with E-state index in [2.05, 4.69) is 39.0 Å². The Balaban J connectivity index is 0.000001000. The van der Waals surface area contributed by atoms with Gasteiger partial charge in [0.15, 0.2) is 0 Å². The molecule has 0 fully saturated rings. The van der Waals surface area contributed by atoms with Crippen LogP contribution in [0.15, 0.2) is 24.3 Å². The smallest absolute Gasteiger partial charge is 0 e. The molecule has 0 saturated carbocycles. The van der Waals surface area contributed by atoms with E-state index < -0.39 is 0 Å². The molecule has 0 saturated heterocycles. The van der Waals surface area contributed by atoms with E-state index in [9.17, 15) is 0 Å². The zero-order valence-electron chi connectivity index (χ0n) is 7.39. The fourth-order valence-corrected chi connectivity index (χ4v) is 0.887. The second kappa shape index (κ2) is 4.37. The zero-order valence-corrected chi connectivity index (χ0v) is 10.2. The van der Waals surface area contributed by atoms with Gasteiger partial charge in [0.25, 0.3) is 0 Å². The predicted octanol–water partition coefficient (Wildman–Crippen LogP) is 2.78. The topological polar surface area (TPSA) is 0 Å². The summed E-state index contributed by atoms with van der Waals surface area (Å²) in [5, 5.41) is 0. The second-order valence-electron chi connectivity index (χ2n) is 3.54. The van der Waals surface area contributed by atoms with Gasteiger partial charge in [0.2, 0.25) is 0 Å². The molecule has 0 aromatic heterocycles. The maximum Gasteiger partial charge on any atom is 0 e. The van der Waals surface area contributed by atoms with Crippen molar-refractivity contribution in [3.63, 3.8) is 0 Å². The van der Waals surface area contributed by atoms with E-state index in [1.165, 1.54) is 5.56 Å². The molecule has 0 heterocycles. The third kappa shape index (κ3) is 3.49. The van der Waals surface area contributed by atoms with E-state index >= 15 is 0 Å². The number of rotatable bonds is 0. The van der Waals surface area contributed by atoms with Gasteiger partial charge in [-0.25, -0.2) is 0 Å². The van der Waals surface area contributed by atoms with E-state index in [1.807, 2.05) is 12.1 Å². The molecule has 0 spiro atoms. The summed E-state index contributed by atoms with van der Waals surface area (Å²) >= 11 is 0. The van der Waals surface area contributed by atoms with Crippen LogP contribution in [0.2, 0.25) is 0 Å². The van der Waals surface area contributed by atoms with Gasteiger partial charge in [-0.1, -0.05) is 20.8 Å². The SMILES string of the molecule is CC(C)(C)c1cc[c-]cc1.[Y]. The minimum Gasteiger partial charge on any atom is -0.184 e. The largest absolute Gasteiger partial charge is 0.184 e. The fourth-order valence-electron chi connectivity index (χ4n) is 0.887. The minimum absolute atomic E-state index is 0. The van der Waals surface area contributed by atoms with E-state index in [0.717, 1.165) is 0 Å². The van der Waals surface area contributed by atoms with Crippen molar-refractivity contribution in [2.45, 2.75) is 26.2 Å². The van der Waals surface area contributed by atoms with Crippen LogP contribution < -0.4 is 0 Å². The van der Waals surface area contributed by atoms with Crippen LogP contribution in [0.5, 0.6) is 0 Å². The first-order chi connectivity index (χ1) is 4.61. The first-order valence-electron chi connectivity index (χ1n) is 3.57. The third-order valence-corrected chi connectivity index (χ3v) is 1.58. The number of benzene rings is 1. The van der Waals surface area contributed by atoms with Crippen molar-refractivity contribution in [2.75, 3.05) is 0 Å². The first kappa shape index (κ1) is 11.3. The van der Waals surface area contributed by atoms with Crippen molar-refractivity contribution in [3.05, 3.63) is 35.9 Å². The predicted molar refractivity (Wildman–Crippen MR) is 44.0 cm³/mol. The molecule has 57 valence electrons. The summed E-state index contributed by atoms with van der Waals surface area (Å²) in [6, 6.07) is 11.1. The molecule has 0 nitrogen and oxygen atoms in total. The molecular weight excluding hydrogens is 209 g/mol. The van der Waals surface area contributed by atoms with Crippen LogP contribution in [0.4, 0.5) is 0 Å². The summed E-state index contributed by atoms with van der Waals surface area (Å²) in [6.07, 6.45) is 0. The number of hydrogen-bond donors (Lipinski definition) is 0. The zero-order chi connectivity index (χ0) is 7.61. The average Bonchev–Trinajstić information content (AvgIpc) is 1.88. The summed E-state index contributed by atoms with van der Waals surface area (Å²) in [7, 11) is 0. The molecule has 0 aliphatic carbocycles. The van der Waals surface area contributed by atoms with Gasteiger partial charge in [-0.3, -0.25) is 0 Å².